The number of fused-ring (bicyclic) bond motifs is 1. The number of rotatable bonds is 5. The first-order chi connectivity index (χ1) is 11.8. The summed E-state index contributed by atoms with van der Waals surface area (Å²) in [6.07, 6.45) is 3.24. The fourth-order valence-corrected chi connectivity index (χ4v) is 3.99. The largest absolute Gasteiger partial charge is 0.379 e. The lowest BCUT2D eigenvalue weighted by Crippen LogP contribution is -2.43. The van der Waals surface area contributed by atoms with Crippen LogP contribution in [0.4, 0.5) is 0 Å². The Morgan fingerprint density at radius 3 is 2.88 bits per heavy atom. The van der Waals surface area contributed by atoms with Gasteiger partial charge in [0.05, 0.1) is 30.0 Å². The van der Waals surface area contributed by atoms with Crippen LogP contribution in [-0.4, -0.2) is 67.1 Å². The van der Waals surface area contributed by atoms with Gasteiger partial charge in [-0.1, -0.05) is 11.6 Å². The van der Waals surface area contributed by atoms with Crippen molar-refractivity contribution in [1.82, 2.24) is 19.0 Å². The molecule has 2 aromatic rings. The number of carbonyl (C=O) groups is 1. The van der Waals surface area contributed by atoms with E-state index < -0.39 is 10.0 Å². The molecule has 0 aromatic carbocycles. The third kappa shape index (κ3) is 3.95. The monoisotopic (exact) mass is 386 g/mol. The van der Waals surface area contributed by atoms with E-state index >= 15 is 0 Å². The number of amides is 1. The summed E-state index contributed by atoms with van der Waals surface area (Å²) in [7, 11) is -0.399. The first-order valence-corrected chi connectivity index (χ1v) is 9.68. The number of imidazole rings is 1. The first-order valence-electron chi connectivity index (χ1n) is 7.69. The highest BCUT2D eigenvalue weighted by Crippen LogP contribution is 2.18. The summed E-state index contributed by atoms with van der Waals surface area (Å²) in [6, 6.07) is 3.03. The normalized spacial score (nSPS) is 21.1. The number of nitrogens with zero attached hydrogens (tertiary/aromatic N) is 3. The maximum Gasteiger partial charge on any atom is 0.271 e. The van der Waals surface area contributed by atoms with E-state index in [2.05, 4.69) is 10.3 Å². The number of nitrogens with one attached hydrogen (secondary N) is 1. The quantitative estimate of drug-likeness (QED) is 0.813. The van der Waals surface area contributed by atoms with E-state index in [4.69, 9.17) is 16.3 Å². The van der Waals surface area contributed by atoms with E-state index in [-0.39, 0.29) is 35.9 Å². The minimum absolute atomic E-state index is 0.0777. The van der Waals surface area contributed by atoms with Crippen molar-refractivity contribution in [3.05, 3.63) is 35.2 Å². The van der Waals surface area contributed by atoms with Crippen molar-refractivity contribution in [3.8, 4) is 0 Å². The van der Waals surface area contributed by atoms with Crippen molar-refractivity contribution < 1.29 is 17.9 Å². The van der Waals surface area contributed by atoms with Crippen LogP contribution in [0, 0.1) is 5.92 Å². The second kappa shape index (κ2) is 6.91. The number of hydrogen-bond donors (Lipinski definition) is 1. The Hall–Kier alpha value is -1.68. The summed E-state index contributed by atoms with van der Waals surface area (Å²) in [6.45, 7) is 0.567. The van der Waals surface area contributed by atoms with Crippen molar-refractivity contribution in [2.75, 3.05) is 33.1 Å². The standard InChI is InChI=1S/C15H19ClN4O4S/c1-19(2)25(22,23)9-10-7-24-8-13(10)18-15(21)12-6-20-5-11(16)3-4-14(20)17-12/h3-6,10,13H,7-9H2,1-2H3,(H,18,21). The summed E-state index contributed by atoms with van der Waals surface area (Å²) in [5.74, 6) is -0.753. The van der Waals surface area contributed by atoms with Gasteiger partial charge in [0.25, 0.3) is 5.91 Å². The second-order valence-electron chi connectivity index (χ2n) is 6.18. The van der Waals surface area contributed by atoms with Crippen LogP contribution in [-0.2, 0) is 14.8 Å². The molecule has 2 unspecified atom stereocenters. The summed E-state index contributed by atoms with van der Waals surface area (Å²) >= 11 is 5.92. The summed E-state index contributed by atoms with van der Waals surface area (Å²) in [5, 5.41) is 3.36. The van der Waals surface area contributed by atoms with E-state index in [9.17, 15) is 13.2 Å². The fourth-order valence-electron chi connectivity index (χ4n) is 2.66. The molecule has 0 saturated carbocycles. The summed E-state index contributed by atoms with van der Waals surface area (Å²) in [4.78, 5) is 16.7. The molecule has 0 aliphatic carbocycles. The maximum absolute atomic E-state index is 12.5. The van der Waals surface area contributed by atoms with Crippen LogP contribution in [0.5, 0.6) is 0 Å². The van der Waals surface area contributed by atoms with Gasteiger partial charge >= 0.3 is 0 Å². The number of halogens is 1. The maximum atomic E-state index is 12.5. The molecule has 1 N–H and O–H groups in total. The highest BCUT2D eigenvalue weighted by atomic mass is 35.5. The lowest BCUT2D eigenvalue weighted by molar-refractivity contribution is 0.0921. The van der Waals surface area contributed by atoms with E-state index in [0.717, 1.165) is 0 Å². The lowest BCUT2D eigenvalue weighted by atomic mass is 10.1. The van der Waals surface area contributed by atoms with Crippen molar-refractivity contribution in [3.63, 3.8) is 0 Å². The molecule has 0 bridgehead atoms. The Labute approximate surface area is 150 Å². The van der Waals surface area contributed by atoms with Gasteiger partial charge in [-0.3, -0.25) is 4.79 Å². The zero-order valence-corrected chi connectivity index (χ0v) is 15.4. The molecular formula is C15H19ClN4O4S. The number of carbonyl (C=O) groups excluding carboxylic acids is 1. The Morgan fingerprint density at radius 1 is 1.40 bits per heavy atom. The molecule has 10 heteroatoms. The zero-order valence-electron chi connectivity index (χ0n) is 13.8. The smallest absolute Gasteiger partial charge is 0.271 e. The SMILES string of the molecule is CN(C)S(=O)(=O)CC1COCC1NC(=O)c1cn2cc(Cl)ccc2n1. The molecule has 1 amide bonds. The molecule has 3 heterocycles. The van der Waals surface area contributed by atoms with Gasteiger partial charge in [0.15, 0.2) is 0 Å². The van der Waals surface area contributed by atoms with Crippen molar-refractivity contribution >= 4 is 33.2 Å². The van der Waals surface area contributed by atoms with Gasteiger partial charge in [0.1, 0.15) is 11.3 Å². The van der Waals surface area contributed by atoms with Crippen LogP contribution >= 0.6 is 11.6 Å². The molecular weight excluding hydrogens is 368 g/mol. The minimum atomic E-state index is -3.37. The molecule has 1 aliphatic heterocycles. The molecule has 25 heavy (non-hydrogen) atoms. The molecule has 0 radical (unpaired) electrons. The van der Waals surface area contributed by atoms with Crippen LogP contribution in [0.1, 0.15) is 10.5 Å². The molecule has 2 atom stereocenters. The number of hydrogen-bond acceptors (Lipinski definition) is 5. The first kappa shape index (κ1) is 18.1. The number of aromatic nitrogens is 2. The molecule has 136 valence electrons. The predicted octanol–water partition coefficient (Wildman–Crippen LogP) is 0.624. The van der Waals surface area contributed by atoms with Gasteiger partial charge < -0.3 is 14.5 Å². The molecule has 1 fully saturated rings. The van der Waals surface area contributed by atoms with Gasteiger partial charge in [-0.15, -0.1) is 0 Å². The average Bonchev–Trinajstić information content (AvgIpc) is 3.13. The third-order valence-corrected chi connectivity index (χ3v) is 6.33. The van der Waals surface area contributed by atoms with E-state index in [1.165, 1.54) is 18.4 Å². The summed E-state index contributed by atoms with van der Waals surface area (Å²) in [5.41, 5.74) is 0.840. The Morgan fingerprint density at radius 2 is 2.16 bits per heavy atom. The van der Waals surface area contributed by atoms with Crippen molar-refractivity contribution in [2.45, 2.75) is 6.04 Å². The highest BCUT2D eigenvalue weighted by molar-refractivity contribution is 7.89. The molecule has 1 aliphatic rings. The molecule has 0 spiro atoms. The van der Waals surface area contributed by atoms with Gasteiger partial charge in [-0.2, -0.15) is 0 Å². The number of sulfonamides is 1. The molecule has 1 saturated heterocycles. The Bertz CT molecular complexity index is 896. The van der Waals surface area contributed by atoms with Crippen molar-refractivity contribution in [1.29, 1.82) is 0 Å². The van der Waals surface area contributed by atoms with E-state index in [0.29, 0.717) is 17.3 Å². The average molecular weight is 387 g/mol. The van der Waals surface area contributed by atoms with E-state index in [1.54, 1.807) is 28.9 Å². The van der Waals surface area contributed by atoms with Crippen LogP contribution in [0.15, 0.2) is 24.5 Å². The van der Waals surface area contributed by atoms with Gasteiger partial charge in [0, 0.05) is 32.4 Å². The fraction of sp³-hybridized carbons (Fsp3) is 0.467. The lowest BCUT2D eigenvalue weighted by Gasteiger charge is -2.20. The van der Waals surface area contributed by atoms with Crippen LogP contribution in [0.25, 0.3) is 5.65 Å². The number of ether oxygens (including phenoxy) is 1. The van der Waals surface area contributed by atoms with Crippen LogP contribution < -0.4 is 5.32 Å². The van der Waals surface area contributed by atoms with Gasteiger partial charge in [0.2, 0.25) is 10.0 Å². The van der Waals surface area contributed by atoms with E-state index in [1.807, 2.05) is 0 Å². The number of pyridine rings is 1. The third-order valence-electron chi connectivity index (χ3n) is 4.14. The summed E-state index contributed by atoms with van der Waals surface area (Å²) < 4.78 is 32.3. The van der Waals surface area contributed by atoms with Gasteiger partial charge in [-0.05, 0) is 12.1 Å². The van der Waals surface area contributed by atoms with Crippen LogP contribution in [0.2, 0.25) is 5.02 Å². The zero-order chi connectivity index (χ0) is 18.2. The predicted molar refractivity (Wildman–Crippen MR) is 93.2 cm³/mol. The Kier molecular flexibility index (Phi) is 5.01. The minimum Gasteiger partial charge on any atom is -0.379 e. The van der Waals surface area contributed by atoms with Crippen molar-refractivity contribution in [2.24, 2.45) is 5.92 Å². The topological polar surface area (TPSA) is 93.0 Å². The molecule has 8 nitrogen and oxygen atoms in total. The highest BCUT2D eigenvalue weighted by Gasteiger charge is 2.34. The Balaban J connectivity index is 1.72. The molecule has 3 rings (SSSR count). The van der Waals surface area contributed by atoms with Crippen LogP contribution in [0.3, 0.4) is 0 Å². The molecule has 2 aromatic heterocycles. The second-order valence-corrected chi connectivity index (χ2v) is 8.84. The van der Waals surface area contributed by atoms with Gasteiger partial charge in [-0.25, -0.2) is 17.7 Å².